The second-order valence-corrected chi connectivity index (χ2v) is 7.79. The molecule has 2 N–H and O–H groups in total. The molecule has 0 fully saturated rings. The van der Waals surface area contributed by atoms with E-state index in [2.05, 4.69) is 36.8 Å². The van der Waals surface area contributed by atoms with Gasteiger partial charge >= 0.3 is 6.03 Å². The van der Waals surface area contributed by atoms with Gasteiger partial charge < -0.3 is 5.32 Å². The number of imidazole rings is 1. The third-order valence-electron chi connectivity index (χ3n) is 5.23. The quantitative estimate of drug-likeness (QED) is 0.428. The molecule has 2 amide bonds. The third-order valence-corrected chi connectivity index (χ3v) is 5.23. The highest BCUT2D eigenvalue weighted by atomic mass is 16.2. The fourth-order valence-electron chi connectivity index (χ4n) is 3.77. The van der Waals surface area contributed by atoms with Crippen molar-refractivity contribution in [3.63, 3.8) is 0 Å². The summed E-state index contributed by atoms with van der Waals surface area (Å²) < 4.78 is 3.79. The summed E-state index contributed by atoms with van der Waals surface area (Å²) in [5.41, 5.74) is 6.60. The lowest BCUT2D eigenvalue weighted by Gasteiger charge is -2.13. The first kappa shape index (κ1) is 20.4. The molecular formula is C24H22N8O. The number of carbonyl (C=O) groups is 1. The predicted octanol–water partition coefficient (Wildman–Crippen LogP) is 4.57. The Morgan fingerprint density at radius 1 is 0.879 bits per heavy atom. The Kier molecular flexibility index (Phi) is 5.06. The van der Waals surface area contributed by atoms with Crippen LogP contribution in [0.15, 0.2) is 67.3 Å². The summed E-state index contributed by atoms with van der Waals surface area (Å²) in [6.45, 7) is 6.03. The first-order valence-electron chi connectivity index (χ1n) is 10.5. The van der Waals surface area contributed by atoms with Gasteiger partial charge in [-0.1, -0.05) is 24.3 Å². The molecule has 0 radical (unpaired) electrons. The van der Waals surface area contributed by atoms with E-state index in [9.17, 15) is 4.79 Å². The number of benzene rings is 2. The number of para-hydroxylation sites is 1. The van der Waals surface area contributed by atoms with Gasteiger partial charge in [0.05, 0.1) is 17.1 Å². The number of aromatic nitrogens is 6. The first-order valence-corrected chi connectivity index (χ1v) is 10.5. The van der Waals surface area contributed by atoms with Crippen molar-refractivity contribution in [3.8, 4) is 11.4 Å². The zero-order valence-electron chi connectivity index (χ0n) is 18.4. The number of anilines is 2. The van der Waals surface area contributed by atoms with Crippen molar-refractivity contribution in [2.24, 2.45) is 0 Å². The highest BCUT2D eigenvalue weighted by Gasteiger charge is 2.17. The van der Waals surface area contributed by atoms with Crippen molar-refractivity contribution >= 4 is 28.7 Å². The fourth-order valence-corrected chi connectivity index (χ4v) is 3.77. The minimum Gasteiger partial charge on any atom is -0.308 e. The van der Waals surface area contributed by atoms with Crippen LogP contribution in [0.5, 0.6) is 0 Å². The van der Waals surface area contributed by atoms with Gasteiger partial charge in [-0.15, -0.1) is 0 Å². The molecule has 0 atom stereocenters. The zero-order chi connectivity index (χ0) is 22.9. The monoisotopic (exact) mass is 438 g/mol. The number of amides is 2. The average molecular weight is 438 g/mol. The number of urea groups is 1. The van der Waals surface area contributed by atoms with Crippen molar-refractivity contribution in [2.75, 3.05) is 10.6 Å². The molecule has 5 aromatic rings. The maximum absolute atomic E-state index is 12.5. The Morgan fingerprint density at radius 3 is 2.45 bits per heavy atom. The number of hydrogen-bond acceptors (Lipinski definition) is 5. The summed E-state index contributed by atoms with van der Waals surface area (Å²) in [7, 11) is 0. The molecule has 9 nitrogen and oxygen atoms in total. The van der Waals surface area contributed by atoms with E-state index in [4.69, 9.17) is 0 Å². The van der Waals surface area contributed by atoms with Crippen molar-refractivity contribution in [1.29, 1.82) is 0 Å². The lowest BCUT2D eigenvalue weighted by atomic mass is 10.2. The van der Waals surface area contributed by atoms with Gasteiger partial charge in [0.15, 0.2) is 17.0 Å². The highest BCUT2D eigenvalue weighted by molar-refractivity contribution is 6.03. The molecule has 5 rings (SSSR count). The van der Waals surface area contributed by atoms with E-state index in [1.807, 2.05) is 78.6 Å². The number of nitrogens with zero attached hydrogens (tertiary/aromatic N) is 6. The van der Waals surface area contributed by atoms with Gasteiger partial charge in [-0.25, -0.2) is 24.4 Å². The van der Waals surface area contributed by atoms with Crippen LogP contribution in [-0.4, -0.2) is 35.3 Å². The Balaban J connectivity index is 1.54. The van der Waals surface area contributed by atoms with E-state index in [1.54, 1.807) is 6.33 Å². The zero-order valence-corrected chi connectivity index (χ0v) is 18.4. The van der Waals surface area contributed by atoms with Crippen LogP contribution in [0, 0.1) is 20.8 Å². The summed E-state index contributed by atoms with van der Waals surface area (Å²) in [5, 5.41) is 10.2. The number of hydrogen-bond donors (Lipinski definition) is 2. The molecule has 0 aliphatic carbocycles. The van der Waals surface area contributed by atoms with Gasteiger partial charge in [0.25, 0.3) is 0 Å². The van der Waals surface area contributed by atoms with E-state index in [0.717, 1.165) is 28.3 Å². The van der Waals surface area contributed by atoms with Crippen molar-refractivity contribution in [1.82, 2.24) is 29.3 Å². The maximum atomic E-state index is 12.5. The number of fused-ring (bicyclic) bond motifs is 1. The molecule has 2 aromatic carbocycles. The molecule has 3 aromatic heterocycles. The van der Waals surface area contributed by atoms with Crippen LogP contribution in [-0.2, 0) is 0 Å². The molecular weight excluding hydrogens is 416 g/mol. The van der Waals surface area contributed by atoms with Crippen molar-refractivity contribution in [3.05, 3.63) is 84.2 Å². The maximum Gasteiger partial charge on any atom is 0.324 e. The van der Waals surface area contributed by atoms with E-state index in [1.165, 1.54) is 6.33 Å². The Bertz CT molecular complexity index is 1470. The molecule has 0 bridgehead atoms. The molecule has 0 aliphatic heterocycles. The summed E-state index contributed by atoms with van der Waals surface area (Å²) in [4.78, 5) is 25.7. The van der Waals surface area contributed by atoms with Crippen LogP contribution >= 0.6 is 0 Å². The van der Waals surface area contributed by atoms with Crippen molar-refractivity contribution < 1.29 is 4.79 Å². The van der Waals surface area contributed by atoms with E-state index >= 15 is 0 Å². The summed E-state index contributed by atoms with van der Waals surface area (Å²) >= 11 is 0. The molecule has 9 heteroatoms. The number of nitrogens with one attached hydrogen (secondary N) is 2. The van der Waals surface area contributed by atoms with Gasteiger partial charge in [-0.2, -0.15) is 5.10 Å². The minimum absolute atomic E-state index is 0.326. The molecule has 0 unspecified atom stereocenters. The normalized spacial score (nSPS) is 11.0. The number of carbonyl (C=O) groups excluding carboxylic acids is 1. The van der Waals surface area contributed by atoms with Gasteiger partial charge in [-0.05, 0) is 56.7 Å². The Morgan fingerprint density at radius 2 is 1.70 bits per heavy atom. The van der Waals surface area contributed by atoms with Crippen LogP contribution in [0.1, 0.15) is 17.0 Å². The van der Waals surface area contributed by atoms with Gasteiger partial charge in [0.2, 0.25) is 0 Å². The van der Waals surface area contributed by atoms with Crippen LogP contribution in [0.2, 0.25) is 0 Å². The van der Waals surface area contributed by atoms with Gasteiger partial charge in [-0.3, -0.25) is 9.88 Å². The topological polar surface area (TPSA) is 103 Å². The Labute approximate surface area is 190 Å². The largest absolute Gasteiger partial charge is 0.324 e. The predicted molar refractivity (Wildman–Crippen MR) is 127 cm³/mol. The van der Waals surface area contributed by atoms with E-state index in [-0.39, 0.29) is 0 Å². The fraction of sp³-hybridized carbons (Fsp3) is 0.125. The Hall–Kier alpha value is -4.53. The summed E-state index contributed by atoms with van der Waals surface area (Å²) in [6, 6.07) is 16.9. The summed E-state index contributed by atoms with van der Waals surface area (Å²) in [5.74, 6) is 0.326. The SMILES string of the molecule is Cc1ccc(-n2cnc3c(NC(=O)Nc4ccccc4)ncnc32)c(-n2nc(C)cc2C)c1. The molecule has 164 valence electrons. The van der Waals surface area contributed by atoms with Gasteiger partial charge in [0, 0.05) is 11.4 Å². The first-order chi connectivity index (χ1) is 16.0. The van der Waals surface area contributed by atoms with Crippen LogP contribution in [0.4, 0.5) is 16.3 Å². The molecule has 33 heavy (non-hydrogen) atoms. The second kappa shape index (κ2) is 8.19. The number of rotatable bonds is 4. The smallest absolute Gasteiger partial charge is 0.308 e. The molecule has 0 saturated heterocycles. The molecule has 0 saturated carbocycles. The molecule has 0 spiro atoms. The lowest BCUT2D eigenvalue weighted by molar-refractivity contribution is 0.262. The van der Waals surface area contributed by atoms with E-state index in [0.29, 0.717) is 22.7 Å². The second-order valence-electron chi connectivity index (χ2n) is 7.79. The standard InChI is InChI=1S/C24H22N8O/c1-15-9-10-19(20(11-15)32-17(3)12-16(2)30-32)31-14-27-21-22(25-13-26-23(21)31)29-24(33)28-18-7-5-4-6-8-18/h4-14H,1-3H3,(H2,25,26,28,29,33). The third kappa shape index (κ3) is 3.91. The highest BCUT2D eigenvalue weighted by Crippen LogP contribution is 2.27. The van der Waals surface area contributed by atoms with Crippen LogP contribution < -0.4 is 10.6 Å². The molecule has 3 heterocycles. The summed E-state index contributed by atoms with van der Waals surface area (Å²) in [6.07, 6.45) is 3.09. The lowest BCUT2D eigenvalue weighted by Crippen LogP contribution is -2.20. The van der Waals surface area contributed by atoms with E-state index < -0.39 is 6.03 Å². The minimum atomic E-state index is -0.408. The molecule has 0 aliphatic rings. The van der Waals surface area contributed by atoms with Crippen LogP contribution in [0.3, 0.4) is 0 Å². The van der Waals surface area contributed by atoms with Crippen molar-refractivity contribution in [2.45, 2.75) is 20.8 Å². The number of aryl methyl sites for hydroxylation is 3. The van der Waals surface area contributed by atoms with Crippen LogP contribution in [0.25, 0.3) is 22.5 Å². The van der Waals surface area contributed by atoms with Gasteiger partial charge in [0.1, 0.15) is 12.7 Å². The average Bonchev–Trinajstić information content (AvgIpc) is 3.37.